The van der Waals surface area contributed by atoms with Crippen molar-refractivity contribution in [2.45, 2.75) is 33.2 Å². The molecule has 23 heavy (non-hydrogen) atoms. The maximum atomic E-state index is 13.0. The minimum atomic E-state index is -0.291. The fourth-order valence-electron chi connectivity index (χ4n) is 2.31. The van der Waals surface area contributed by atoms with E-state index in [1.54, 1.807) is 16.8 Å². The van der Waals surface area contributed by atoms with Crippen LogP contribution in [0.25, 0.3) is 5.69 Å². The van der Waals surface area contributed by atoms with Crippen LogP contribution < -0.4 is 11.1 Å². The van der Waals surface area contributed by atoms with E-state index in [-0.39, 0.29) is 36.6 Å². The van der Waals surface area contributed by atoms with Crippen molar-refractivity contribution in [3.8, 4) is 5.69 Å². The molecule has 0 saturated heterocycles. The van der Waals surface area contributed by atoms with E-state index in [9.17, 15) is 9.18 Å². The highest BCUT2D eigenvalue weighted by atomic mass is 35.5. The molecule has 0 bridgehead atoms. The molecule has 2 aromatic rings. The van der Waals surface area contributed by atoms with Gasteiger partial charge in [0.2, 0.25) is 5.91 Å². The van der Waals surface area contributed by atoms with Crippen molar-refractivity contribution in [1.29, 1.82) is 0 Å². The Balaban J connectivity index is 0.00000264. The SMILES string of the molecule is Cc1nn(-c2ccc(F)cc2)c(C)c1CC(=O)N[C@@H](C)CN.Cl. The van der Waals surface area contributed by atoms with E-state index in [0.29, 0.717) is 6.54 Å². The lowest BCUT2D eigenvalue weighted by Crippen LogP contribution is -2.38. The third-order valence-electron chi connectivity index (χ3n) is 3.61. The summed E-state index contributed by atoms with van der Waals surface area (Å²) in [5, 5.41) is 7.29. The summed E-state index contributed by atoms with van der Waals surface area (Å²) in [6, 6.07) is 6.05. The van der Waals surface area contributed by atoms with Gasteiger partial charge in [0.05, 0.1) is 17.8 Å². The van der Waals surface area contributed by atoms with Crippen molar-refractivity contribution < 1.29 is 9.18 Å². The molecule has 126 valence electrons. The first-order valence-corrected chi connectivity index (χ1v) is 7.22. The van der Waals surface area contributed by atoms with Gasteiger partial charge >= 0.3 is 0 Å². The third kappa shape index (κ3) is 4.53. The summed E-state index contributed by atoms with van der Waals surface area (Å²) in [6.07, 6.45) is 0.253. The van der Waals surface area contributed by atoms with Crippen molar-refractivity contribution in [2.75, 3.05) is 6.54 Å². The molecule has 0 aliphatic heterocycles. The van der Waals surface area contributed by atoms with Gasteiger partial charge in [-0.15, -0.1) is 12.4 Å². The number of aryl methyl sites for hydroxylation is 1. The number of rotatable bonds is 5. The number of nitrogens with two attached hydrogens (primary N) is 1. The lowest BCUT2D eigenvalue weighted by molar-refractivity contribution is -0.121. The van der Waals surface area contributed by atoms with Gasteiger partial charge in [-0.1, -0.05) is 0 Å². The molecular formula is C16H22ClFN4O. The van der Waals surface area contributed by atoms with Crippen molar-refractivity contribution in [3.05, 3.63) is 47.0 Å². The van der Waals surface area contributed by atoms with Crippen LogP contribution in [0.3, 0.4) is 0 Å². The highest BCUT2D eigenvalue weighted by Gasteiger charge is 2.16. The van der Waals surface area contributed by atoms with E-state index in [1.165, 1.54) is 12.1 Å². The normalized spacial score (nSPS) is 11.7. The molecule has 0 aliphatic carbocycles. The Bertz CT molecular complexity index is 669. The summed E-state index contributed by atoms with van der Waals surface area (Å²) < 4.78 is 14.7. The number of carbonyl (C=O) groups excluding carboxylic acids is 1. The Morgan fingerprint density at radius 1 is 1.35 bits per heavy atom. The fourth-order valence-corrected chi connectivity index (χ4v) is 2.31. The fraction of sp³-hybridized carbons (Fsp3) is 0.375. The summed E-state index contributed by atoms with van der Waals surface area (Å²) in [7, 11) is 0. The molecule has 1 amide bonds. The zero-order valence-corrected chi connectivity index (χ0v) is 14.3. The number of aromatic nitrogens is 2. The second-order valence-electron chi connectivity index (χ2n) is 5.42. The van der Waals surface area contributed by atoms with E-state index < -0.39 is 0 Å². The van der Waals surface area contributed by atoms with Gasteiger partial charge in [0, 0.05) is 23.8 Å². The van der Waals surface area contributed by atoms with Crippen molar-refractivity contribution in [1.82, 2.24) is 15.1 Å². The summed E-state index contributed by atoms with van der Waals surface area (Å²) in [5.74, 6) is -0.372. The molecule has 1 aromatic heterocycles. The van der Waals surface area contributed by atoms with Gasteiger partial charge in [-0.25, -0.2) is 9.07 Å². The molecule has 5 nitrogen and oxygen atoms in total. The second-order valence-corrected chi connectivity index (χ2v) is 5.42. The van der Waals surface area contributed by atoms with Gasteiger partial charge in [0.1, 0.15) is 5.82 Å². The molecule has 3 N–H and O–H groups in total. The van der Waals surface area contributed by atoms with Crippen molar-refractivity contribution >= 4 is 18.3 Å². The minimum absolute atomic E-state index is 0. The Morgan fingerprint density at radius 3 is 2.52 bits per heavy atom. The van der Waals surface area contributed by atoms with Crippen LogP contribution >= 0.6 is 12.4 Å². The second kappa shape index (κ2) is 8.08. The first-order chi connectivity index (χ1) is 10.4. The predicted octanol–water partition coefficient (Wildman–Crippen LogP) is 2.06. The molecule has 0 saturated carbocycles. The Morgan fingerprint density at radius 2 is 1.96 bits per heavy atom. The van der Waals surface area contributed by atoms with Gasteiger partial charge < -0.3 is 11.1 Å². The molecule has 0 spiro atoms. The smallest absolute Gasteiger partial charge is 0.224 e. The molecule has 1 heterocycles. The molecule has 0 fully saturated rings. The number of halogens is 2. The highest BCUT2D eigenvalue weighted by molar-refractivity contribution is 5.85. The van der Waals surface area contributed by atoms with Crippen LogP contribution in [0.4, 0.5) is 4.39 Å². The van der Waals surface area contributed by atoms with E-state index in [1.807, 2.05) is 20.8 Å². The van der Waals surface area contributed by atoms with Gasteiger partial charge in [-0.3, -0.25) is 4.79 Å². The standard InChI is InChI=1S/C16H21FN4O.ClH/c1-10(9-18)19-16(22)8-15-11(2)20-21(12(15)3)14-6-4-13(17)5-7-14;/h4-7,10H,8-9,18H2,1-3H3,(H,19,22);1H/t10-;/m0./s1. The number of benzene rings is 1. The largest absolute Gasteiger partial charge is 0.352 e. The molecule has 2 rings (SSSR count). The summed E-state index contributed by atoms with van der Waals surface area (Å²) in [4.78, 5) is 12.0. The van der Waals surface area contributed by atoms with Crippen LogP contribution in [0, 0.1) is 19.7 Å². The first kappa shape index (κ1) is 19.1. The Hall–Kier alpha value is -1.92. The number of nitrogens with zero attached hydrogens (tertiary/aromatic N) is 2. The zero-order valence-electron chi connectivity index (χ0n) is 13.5. The van der Waals surface area contributed by atoms with Gasteiger partial charge in [0.15, 0.2) is 0 Å². The quantitative estimate of drug-likeness (QED) is 0.875. The van der Waals surface area contributed by atoms with E-state index in [0.717, 1.165) is 22.6 Å². The van der Waals surface area contributed by atoms with Crippen LogP contribution in [-0.2, 0) is 11.2 Å². The molecule has 7 heteroatoms. The summed E-state index contributed by atoms with van der Waals surface area (Å²) >= 11 is 0. The van der Waals surface area contributed by atoms with Gasteiger partial charge in [-0.05, 0) is 45.0 Å². The Kier molecular flexibility index (Phi) is 6.72. The van der Waals surface area contributed by atoms with E-state index in [4.69, 9.17) is 5.73 Å². The predicted molar refractivity (Wildman–Crippen MR) is 90.6 cm³/mol. The maximum absolute atomic E-state index is 13.0. The Labute approximate surface area is 141 Å². The molecule has 1 aromatic carbocycles. The number of nitrogens with one attached hydrogen (secondary N) is 1. The third-order valence-corrected chi connectivity index (χ3v) is 3.61. The highest BCUT2D eigenvalue weighted by Crippen LogP contribution is 2.18. The van der Waals surface area contributed by atoms with E-state index >= 15 is 0 Å². The lowest BCUT2D eigenvalue weighted by Gasteiger charge is -2.11. The number of carbonyl (C=O) groups is 1. The van der Waals surface area contributed by atoms with Crippen LogP contribution in [0.1, 0.15) is 23.9 Å². The first-order valence-electron chi connectivity index (χ1n) is 7.22. The summed E-state index contributed by atoms with van der Waals surface area (Å²) in [6.45, 7) is 6.03. The van der Waals surface area contributed by atoms with Gasteiger partial charge in [-0.2, -0.15) is 5.10 Å². The number of hydrogen-bond acceptors (Lipinski definition) is 3. The van der Waals surface area contributed by atoms with E-state index in [2.05, 4.69) is 10.4 Å². The topological polar surface area (TPSA) is 72.9 Å². The minimum Gasteiger partial charge on any atom is -0.352 e. The zero-order chi connectivity index (χ0) is 16.3. The van der Waals surface area contributed by atoms with Crippen LogP contribution in [-0.4, -0.2) is 28.3 Å². The lowest BCUT2D eigenvalue weighted by atomic mass is 10.1. The molecule has 0 radical (unpaired) electrons. The van der Waals surface area contributed by atoms with Crippen LogP contribution in [0.2, 0.25) is 0 Å². The maximum Gasteiger partial charge on any atom is 0.224 e. The molecule has 0 aliphatic rings. The average Bonchev–Trinajstić information content (AvgIpc) is 2.76. The van der Waals surface area contributed by atoms with Crippen molar-refractivity contribution in [2.24, 2.45) is 5.73 Å². The van der Waals surface area contributed by atoms with Crippen LogP contribution in [0.5, 0.6) is 0 Å². The van der Waals surface area contributed by atoms with Crippen molar-refractivity contribution in [3.63, 3.8) is 0 Å². The molecule has 0 unspecified atom stereocenters. The van der Waals surface area contributed by atoms with Gasteiger partial charge in [0.25, 0.3) is 0 Å². The monoisotopic (exact) mass is 340 g/mol. The number of hydrogen-bond donors (Lipinski definition) is 2. The summed E-state index contributed by atoms with van der Waals surface area (Å²) in [5.41, 5.74) is 8.82. The van der Waals surface area contributed by atoms with Crippen LogP contribution in [0.15, 0.2) is 24.3 Å². The molecular weight excluding hydrogens is 319 g/mol. The molecule has 1 atom stereocenters. The average molecular weight is 341 g/mol. The number of amides is 1.